The summed E-state index contributed by atoms with van der Waals surface area (Å²) in [7, 11) is 0. The first-order valence-corrected chi connectivity index (χ1v) is 7.02. The van der Waals surface area contributed by atoms with Gasteiger partial charge in [-0.1, -0.05) is 13.8 Å². The Bertz CT molecular complexity index is 372. The fourth-order valence-corrected chi connectivity index (χ4v) is 1.96. The summed E-state index contributed by atoms with van der Waals surface area (Å²) in [5.41, 5.74) is -0.921. The molecule has 1 atom stereocenters. The van der Waals surface area contributed by atoms with Crippen molar-refractivity contribution in [2.75, 3.05) is 19.6 Å². The van der Waals surface area contributed by atoms with Gasteiger partial charge in [-0.05, 0) is 26.7 Å². The predicted octanol–water partition coefficient (Wildman–Crippen LogP) is 2.07. The van der Waals surface area contributed by atoms with Crippen molar-refractivity contribution < 1.29 is 14.7 Å². The molecule has 1 unspecified atom stereocenters. The zero-order chi connectivity index (χ0) is 15.8. The van der Waals surface area contributed by atoms with Crippen LogP contribution in [0, 0.1) is 22.7 Å². The minimum atomic E-state index is -0.921. The van der Waals surface area contributed by atoms with E-state index >= 15 is 0 Å². The lowest BCUT2D eigenvalue weighted by Crippen LogP contribution is -2.48. The number of amides is 2. The van der Waals surface area contributed by atoms with Gasteiger partial charge in [0.25, 0.3) is 0 Å². The Morgan fingerprint density at radius 1 is 1.35 bits per heavy atom. The number of hydrogen-bond donors (Lipinski definition) is 2. The Kier molecular flexibility index (Phi) is 7.67. The number of carbonyl (C=O) groups excluding carboxylic acids is 1. The Morgan fingerprint density at radius 3 is 2.25 bits per heavy atom. The normalized spacial score (nSPS) is 12.3. The maximum Gasteiger partial charge on any atom is 0.317 e. The highest BCUT2D eigenvalue weighted by atomic mass is 16.4. The van der Waals surface area contributed by atoms with Crippen molar-refractivity contribution in [2.24, 2.45) is 11.3 Å². The topological polar surface area (TPSA) is 93.4 Å². The Labute approximate surface area is 120 Å². The van der Waals surface area contributed by atoms with Gasteiger partial charge in [-0.3, -0.25) is 4.79 Å². The van der Waals surface area contributed by atoms with Crippen molar-refractivity contribution in [1.29, 1.82) is 5.26 Å². The highest BCUT2D eigenvalue weighted by Gasteiger charge is 2.35. The van der Waals surface area contributed by atoms with Crippen LogP contribution in [0.4, 0.5) is 4.79 Å². The number of urea groups is 1. The maximum atomic E-state index is 12.0. The number of aliphatic carboxylic acids is 1. The molecule has 0 saturated carbocycles. The van der Waals surface area contributed by atoms with E-state index in [2.05, 4.69) is 11.4 Å². The first-order valence-electron chi connectivity index (χ1n) is 7.02. The molecule has 0 bridgehead atoms. The molecule has 0 aromatic carbocycles. The van der Waals surface area contributed by atoms with Crippen LogP contribution in [-0.4, -0.2) is 41.6 Å². The van der Waals surface area contributed by atoms with E-state index < -0.39 is 11.4 Å². The van der Waals surface area contributed by atoms with Gasteiger partial charge in [0.2, 0.25) is 0 Å². The third-order valence-corrected chi connectivity index (χ3v) is 3.77. The molecule has 0 fully saturated rings. The lowest BCUT2D eigenvalue weighted by molar-refractivity contribution is -0.149. The third-order valence-electron chi connectivity index (χ3n) is 3.77. The van der Waals surface area contributed by atoms with Gasteiger partial charge in [0, 0.05) is 19.6 Å². The summed E-state index contributed by atoms with van der Waals surface area (Å²) in [4.78, 5) is 24.9. The zero-order valence-corrected chi connectivity index (χ0v) is 12.8. The molecule has 114 valence electrons. The van der Waals surface area contributed by atoms with Gasteiger partial charge in [0.1, 0.15) is 0 Å². The van der Waals surface area contributed by atoms with E-state index in [1.54, 1.807) is 20.8 Å². The van der Waals surface area contributed by atoms with Gasteiger partial charge < -0.3 is 15.3 Å². The molecule has 0 radical (unpaired) electrons. The van der Waals surface area contributed by atoms with Crippen molar-refractivity contribution in [3.05, 3.63) is 0 Å². The second-order valence-electron chi connectivity index (χ2n) is 5.02. The number of carboxylic acid groups (broad SMARTS) is 1. The Hall–Kier alpha value is -1.77. The molecule has 0 aliphatic heterocycles. The number of nitrogens with zero attached hydrogens (tertiary/aromatic N) is 2. The van der Waals surface area contributed by atoms with E-state index in [0.717, 1.165) is 0 Å². The van der Waals surface area contributed by atoms with Crippen molar-refractivity contribution in [3.63, 3.8) is 0 Å². The largest absolute Gasteiger partial charge is 0.481 e. The van der Waals surface area contributed by atoms with E-state index in [4.69, 9.17) is 5.26 Å². The minimum absolute atomic E-state index is 0.103. The molecule has 0 spiro atoms. The number of carboxylic acids is 1. The van der Waals surface area contributed by atoms with Crippen molar-refractivity contribution in [3.8, 4) is 6.07 Å². The summed E-state index contributed by atoms with van der Waals surface area (Å²) < 4.78 is 0. The molecule has 0 aromatic heterocycles. The van der Waals surface area contributed by atoms with Gasteiger partial charge in [0.05, 0.1) is 17.4 Å². The summed E-state index contributed by atoms with van der Waals surface area (Å²) in [6.07, 6.45) is 0.916. The molecular formula is C14H25N3O3. The molecule has 6 nitrogen and oxygen atoms in total. The molecular weight excluding hydrogens is 258 g/mol. The molecule has 0 heterocycles. The second-order valence-corrected chi connectivity index (χ2v) is 5.02. The van der Waals surface area contributed by atoms with Gasteiger partial charge in [-0.15, -0.1) is 0 Å². The summed E-state index contributed by atoms with van der Waals surface area (Å²) in [6, 6.07) is 1.76. The molecule has 20 heavy (non-hydrogen) atoms. The van der Waals surface area contributed by atoms with Crippen LogP contribution in [0.5, 0.6) is 0 Å². The van der Waals surface area contributed by atoms with E-state index in [0.29, 0.717) is 25.9 Å². The first kappa shape index (κ1) is 18.2. The maximum absolute atomic E-state index is 12.0. The predicted molar refractivity (Wildman–Crippen MR) is 76.1 cm³/mol. The average Bonchev–Trinajstić information content (AvgIpc) is 2.45. The quantitative estimate of drug-likeness (QED) is 0.713. The second kappa shape index (κ2) is 8.41. The monoisotopic (exact) mass is 283 g/mol. The van der Waals surface area contributed by atoms with Crippen molar-refractivity contribution in [2.45, 2.75) is 40.5 Å². The molecule has 0 aromatic rings. The molecule has 2 N–H and O–H groups in total. The molecule has 2 amide bonds. The van der Waals surface area contributed by atoms with E-state index in [1.165, 1.54) is 4.90 Å². The number of carbonyl (C=O) groups is 2. The summed E-state index contributed by atoms with van der Waals surface area (Å²) in [5, 5.41) is 20.8. The fraction of sp³-hybridized carbons (Fsp3) is 0.786. The van der Waals surface area contributed by atoms with E-state index in [9.17, 15) is 14.7 Å². The third kappa shape index (κ3) is 4.72. The number of hydrogen-bond acceptors (Lipinski definition) is 3. The van der Waals surface area contributed by atoms with Crippen molar-refractivity contribution >= 4 is 12.0 Å². The van der Waals surface area contributed by atoms with Crippen LogP contribution >= 0.6 is 0 Å². The van der Waals surface area contributed by atoms with Crippen LogP contribution in [0.1, 0.15) is 40.5 Å². The SMILES string of the molecule is CCN(CC(C)C#N)C(=O)NCC(CC)(CC)C(=O)O. The molecule has 6 heteroatoms. The zero-order valence-electron chi connectivity index (χ0n) is 12.8. The standard InChI is InChI=1S/C14H25N3O3/c1-5-14(6-2,12(18)19)10-16-13(20)17(7-3)9-11(4)8-15/h11H,5-7,9-10H2,1-4H3,(H,16,20)(H,18,19). The molecule has 0 saturated heterocycles. The van der Waals surface area contributed by atoms with Crippen LogP contribution in [0.25, 0.3) is 0 Å². The first-order chi connectivity index (χ1) is 9.36. The Morgan fingerprint density at radius 2 is 1.90 bits per heavy atom. The Balaban J connectivity index is 4.66. The highest BCUT2D eigenvalue weighted by Crippen LogP contribution is 2.25. The molecule has 0 rings (SSSR count). The lowest BCUT2D eigenvalue weighted by Gasteiger charge is -2.29. The number of rotatable bonds is 8. The lowest BCUT2D eigenvalue weighted by atomic mass is 9.82. The van der Waals surface area contributed by atoms with Gasteiger partial charge in [-0.25, -0.2) is 4.79 Å². The van der Waals surface area contributed by atoms with E-state index in [1.807, 2.05) is 6.92 Å². The van der Waals surface area contributed by atoms with Gasteiger partial charge in [-0.2, -0.15) is 5.26 Å². The summed E-state index contributed by atoms with van der Waals surface area (Å²) >= 11 is 0. The summed E-state index contributed by atoms with van der Waals surface area (Å²) in [6.45, 7) is 8.11. The fourth-order valence-electron chi connectivity index (χ4n) is 1.96. The number of nitriles is 1. The van der Waals surface area contributed by atoms with E-state index in [-0.39, 0.29) is 18.5 Å². The van der Waals surface area contributed by atoms with Gasteiger partial charge >= 0.3 is 12.0 Å². The van der Waals surface area contributed by atoms with Crippen LogP contribution in [0.2, 0.25) is 0 Å². The molecule has 0 aliphatic rings. The van der Waals surface area contributed by atoms with Crippen LogP contribution < -0.4 is 5.32 Å². The van der Waals surface area contributed by atoms with Crippen LogP contribution in [0.3, 0.4) is 0 Å². The van der Waals surface area contributed by atoms with Crippen molar-refractivity contribution in [1.82, 2.24) is 10.2 Å². The number of nitrogens with one attached hydrogen (secondary N) is 1. The van der Waals surface area contributed by atoms with Crippen LogP contribution in [0.15, 0.2) is 0 Å². The van der Waals surface area contributed by atoms with Crippen LogP contribution in [-0.2, 0) is 4.79 Å². The molecule has 0 aliphatic carbocycles. The highest BCUT2D eigenvalue weighted by molar-refractivity contribution is 5.78. The smallest absolute Gasteiger partial charge is 0.317 e. The average molecular weight is 283 g/mol. The summed E-state index contributed by atoms with van der Waals surface area (Å²) in [5.74, 6) is -1.14. The van der Waals surface area contributed by atoms with Gasteiger partial charge in [0.15, 0.2) is 0 Å². The minimum Gasteiger partial charge on any atom is -0.481 e.